The first-order valence-electron chi connectivity index (χ1n) is 12.2. The van der Waals surface area contributed by atoms with E-state index in [1.807, 2.05) is 50.4 Å². The van der Waals surface area contributed by atoms with Crippen LogP contribution in [0.4, 0.5) is 0 Å². The predicted octanol–water partition coefficient (Wildman–Crippen LogP) is 5.79. The van der Waals surface area contributed by atoms with Crippen LogP contribution in [-0.2, 0) is 5.54 Å². The average Bonchev–Trinajstić information content (AvgIpc) is 3.49. The molecule has 0 spiro atoms. The van der Waals surface area contributed by atoms with Crippen LogP contribution in [0.2, 0.25) is 5.02 Å². The van der Waals surface area contributed by atoms with Crippen LogP contribution in [0.1, 0.15) is 45.8 Å². The standard InChI is InChI=1S/C28H27ClN4O2S/c1-16-5-6-19(35-15-18-7-11-30-18)12-21(16)27(34)33-28(8-9-28)23-13-22(24-14-32-17(2)36-24)25(29)26-20(23)4-3-10-31-26/h3-6,10,12-14,18,30H,7-9,11,15H2,1-2H3,(H,33,34)/t18-/m0/s1. The van der Waals surface area contributed by atoms with Gasteiger partial charge in [0.25, 0.3) is 5.91 Å². The molecule has 0 radical (unpaired) electrons. The van der Waals surface area contributed by atoms with E-state index in [-0.39, 0.29) is 5.91 Å². The number of carbonyl (C=O) groups excluding carboxylic acids is 1. The van der Waals surface area contributed by atoms with Crippen molar-refractivity contribution >= 4 is 39.7 Å². The van der Waals surface area contributed by atoms with Gasteiger partial charge >= 0.3 is 0 Å². The van der Waals surface area contributed by atoms with Crippen molar-refractivity contribution in [3.8, 4) is 16.2 Å². The number of halogens is 1. The number of thiazole rings is 1. The van der Waals surface area contributed by atoms with Crippen LogP contribution < -0.4 is 15.4 Å². The molecule has 1 aliphatic carbocycles. The maximum atomic E-state index is 13.6. The summed E-state index contributed by atoms with van der Waals surface area (Å²) in [6.45, 7) is 5.58. The maximum Gasteiger partial charge on any atom is 0.252 e. The summed E-state index contributed by atoms with van der Waals surface area (Å²) in [4.78, 5) is 23.6. The summed E-state index contributed by atoms with van der Waals surface area (Å²) in [5.41, 5.74) is 3.78. The molecule has 2 aromatic heterocycles. The summed E-state index contributed by atoms with van der Waals surface area (Å²) in [6, 6.07) is 12.2. The number of hydrogen-bond acceptors (Lipinski definition) is 6. The van der Waals surface area contributed by atoms with Gasteiger partial charge in [-0.05, 0) is 75.0 Å². The van der Waals surface area contributed by atoms with E-state index in [2.05, 4.69) is 26.7 Å². The minimum Gasteiger partial charge on any atom is -0.492 e. The maximum absolute atomic E-state index is 13.6. The molecule has 36 heavy (non-hydrogen) atoms. The normalized spacial score (nSPS) is 18.0. The number of aryl methyl sites for hydroxylation is 2. The second kappa shape index (κ2) is 9.14. The van der Waals surface area contributed by atoms with Gasteiger partial charge in [0.1, 0.15) is 12.4 Å². The summed E-state index contributed by atoms with van der Waals surface area (Å²) < 4.78 is 5.95. The number of pyridine rings is 1. The van der Waals surface area contributed by atoms with E-state index in [9.17, 15) is 4.79 Å². The Kier molecular flexibility index (Phi) is 5.94. The van der Waals surface area contributed by atoms with E-state index in [1.165, 1.54) is 0 Å². The molecule has 6 rings (SSSR count). The lowest BCUT2D eigenvalue weighted by atomic mass is 9.95. The molecule has 0 bridgehead atoms. The van der Waals surface area contributed by atoms with E-state index >= 15 is 0 Å². The number of amides is 1. The van der Waals surface area contributed by atoms with Crippen molar-refractivity contribution in [2.75, 3.05) is 13.2 Å². The van der Waals surface area contributed by atoms with Crippen molar-refractivity contribution in [3.05, 3.63) is 75.5 Å². The number of carbonyl (C=O) groups is 1. The van der Waals surface area contributed by atoms with Crippen LogP contribution in [-0.4, -0.2) is 35.1 Å². The number of hydrogen-bond donors (Lipinski definition) is 2. The zero-order chi connectivity index (χ0) is 24.9. The Morgan fingerprint density at radius 2 is 2.08 bits per heavy atom. The van der Waals surface area contributed by atoms with Crippen molar-refractivity contribution in [1.29, 1.82) is 0 Å². The molecule has 2 aromatic carbocycles. The molecule has 1 amide bonds. The zero-order valence-corrected chi connectivity index (χ0v) is 21.8. The van der Waals surface area contributed by atoms with Crippen molar-refractivity contribution in [2.24, 2.45) is 0 Å². The smallest absolute Gasteiger partial charge is 0.252 e. The molecular weight excluding hydrogens is 492 g/mol. The Bertz CT molecular complexity index is 1480. The molecule has 6 nitrogen and oxygen atoms in total. The monoisotopic (exact) mass is 518 g/mol. The van der Waals surface area contributed by atoms with Gasteiger partial charge in [-0.25, -0.2) is 4.98 Å². The predicted molar refractivity (Wildman–Crippen MR) is 144 cm³/mol. The zero-order valence-electron chi connectivity index (χ0n) is 20.2. The van der Waals surface area contributed by atoms with Crippen LogP contribution in [0.3, 0.4) is 0 Å². The third-order valence-electron chi connectivity index (χ3n) is 7.17. The van der Waals surface area contributed by atoms with E-state index < -0.39 is 5.54 Å². The molecule has 4 aromatic rings. The third kappa shape index (κ3) is 4.25. The van der Waals surface area contributed by atoms with E-state index in [4.69, 9.17) is 16.3 Å². The molecule has 1 atom stereocenters. The molecule has 3 heterocycles. The van der Waals surface area contributed by atoms with Gasteiger partial charge in [0.15, 0.2) is 0 Å². The summed E-state index contributed by atoms with van der Waals surface area (Å²) in [5, 5.41) is 9.25. The fourth-order valence-corrected chi connectivity index (χ4v) is 5.93. The Hall–Kier alpha value is -3.00. The number of rotatable bonds is 7. The Morgan fingerprint density at radius 1 is 1.25 bits per heavy atom. The lowest BCUT2D eigenvalue weighted by Crippen LogP contribution is -2.46. The minimum atomic E-state index is -0.462. The Labute approximate surface area is 219 Å². The van der Waals surface area contributed by atoms with Crippen LogP contribution in [0, 0.1) is 13.8 Å². The third-order valence-corrected chi connectivity index (χ3v) is 8.50. The highest BCUT2D eigenvalue weighted by Gasteiger charge is 2.47. The largest absolute Gasteiger partial charge is 0.492 e. The van der Waals surface area contributed by atoms with E-state index in [0.717, 1.165) is 63.3 Å². The highest BCUT2D eigenvalue weighted by Crippen LogP contribution is 2.51. The van der Waals surface area contributed by atoms with Crippen molar-refractivity contribution < 1.29 is 9.53 Å². The van der Waals surface area contributed by atoms with Gasteiger partial charge in [0.2, 0.25) is 0 Å². The van der Waals surface area contributed by atoms with Crippen LogP contribution >= 0.6 is 22.9 Å². The van der Waals surface area contributed by atoms with Gasteiger partial charge in [-0.1, -0.05) is 23.7 Å². The number of fused-ring (bicyclic) bond motifs is 1. The number of benzene rings is 2. The van der Waals surface area contributed by atoms with E-state index in [1.54, 1.807) is 17.5 Å². The molecule has 2 fully saturated rings. The SMILES string of the molecule is Cc1ncc(-c2cc(C3(NC(=O)c4cc(OC[C@@H]5CCN5)ccc4C)CC3)c3cccnc3c2Cl)s1. The lowest BCUT2D eigenvalue weighted by Gasteiger charge is -2.27. The number of ether oxygens (including phenoxy) is 1. The highest BCUT2D eigenvalue weighted by atomic mass is 35.5. The Balaban J connectivity index is 1.34. The van der Waals surface area contributed by atoms with Gasteiger partial charge in [-0.3, -0.25) is 9.78 Å². The second-order valence-corrected chi connectivity index (χ2v) is 11.3. The first-order chi connectivity index (χ1) is 17.4. The van der Waals surface area contributed by atoms with Crippen molar-refractivity contribution in [3.63, 3.8) is 0 Å². The summed E-state index contributed by atoms with van der Waals surface area (Å²) in [5.74, 6) is 0.618. The van der Waals surface area contributed by atoms with E-state index in [0.29, 0.717) is 29.0 Å². The van der Waals surface area contributed by atoms with Crippen LogP contribution in [0.15, 0.2) is 48.8 Å². The molecular formula is C28H27ClN4O2S. The van der Waals surface area contributed by atoms with Gasteiger partial charge in [-0.15, -0.1) is 11.3 Å². The van der Waals surface area contributed by atoms with Crippen LogP contribution in [0.5, 0.6) is 5.75 Å². The molecule has 184 valence electrons. The summed E-state index contributed by atoms with van der Waals surface area (Å²) >= 11 is 8.45. The van der Waals surface area contributed by atoms with Gasteiger partial charge < -0.3 is 15.4 Å². The topological polar surface area (TPSA) is 76.1 Å². The van der Waals surface area contributed by atoms with Crippen LogP contribution in [0.25, 0.3) is 21.3 Å². The molecule has 2 aliphatic rings. The minimum absolute atomic E-state index is 0.0978. The lowest BCUT2D eigenvalue weighted by molar-refractivity contribution is 0.0930. The molecule has 2 N–H and O–H groups in total. The molecule has 8 heteroatoms. The highest BCUT2D eigenvalue weighted by molar-refractivity contribution is 7.15. The summed E-state index contributed by atoms with van der Waals surface area (Å²) in [6.07, 6.45) is 6.44. The molecule has 0 unspecified atom stereocenters. The summed E-state index contributed by atoms with van der Waals surface area (Å²) in [7, 11) is 0. The van der Waals surface area contributed by atoms with Gasteiger partial charge in [-0.2, -0.15) is 0 Å². The molecule has 1 saturated carbocycles. The number of aromatic nitrogens is 2. The number of nitrogens with zero attached hydrogens (tertiary/aromatic N) is 2. The fourth-order valence-electron chi connectivity index (χ4n) is 4.77. The average molecular weight is 519 g/mol. The number of nitrogens with one attached hydrogen (secondary N) is 2. The van der Waals surface area contributed by atoms with Gasteiger partial charge in [0.05, 0.1) is 26.0 Å². The van der Waals surface area contributed by atoms with Crippen molar-refractivity contribution in [2.45, 2.75) is 44.7 Å². The van der Waals surface area contributed by atoms with Gasteiger partial charge in [0, 0.05) is 34.9 Å². The quantitative estimate of drug-likeness (QED) is 0.324. The fraction of sp³-hybridized carbons (Fsp3) is 0.321. The van der Waals surface area contributed by atoms with Crippen molar-refractivity contribution in [1.82, 2.24) is 20.6 Å². The first-order valence-corrected chi connectivity index (χ1v) is 13.4. The molecule has 1 aliphatic heterocycles. The Morgan fingerprint density at radius 3 is 2.78 bits per heavy atom. The second-order valence-electron chi connectivity index (χ2n) is 9.69. The first kappa shape index (κ1) is 23.4. The molecule has 1 saturated heterocycles.